The molecule has 1 N–H and O–H groups in total. The second-order valence-corrected chi connectivity index (χ2v) is 5.55. The van der Waals surface area contributed by atoms with Gasteiger partial charge < -0.3 is 15.1 Å². The normalized spacial score (nSPS) is 18.7. The Kier molecular flexibility index (Phi) is 8.59. The molecule has 1 saturated heterocycles. The highest BCUT2D eigenvalue weighted by Crippen LogP contribution is 2.03. The van der Waals surface area contributed by atoms with Crippen LogP contribution in [0.3, 0.4) is 0 Å². The van der Waals surface area contributed by atoms with Crippen LogP contribution in [0.5, 0.6) is 0 Å². The van der Waals surface area contributed by atoms with Crippen molar-refractivity contribution in [2.24, 2.45) is 0 Å². The number of rotatable bonds is 9. The molecule has 4 nitrogen and oxygen atoms in total. The first-order valence-electron chi connectivity index (χ1n) is 7.52. The molecule has 0 radical (unpaired) electrons. The number of piperazine rings is 1. The molecule has 0 bridgehead atoms. The van der Waals surface area contributed by atoms with Gasteiger partial charge >= 0.3 is 0 Å². The third kappa shape index (κ3) is 7.31. The molecular formula is C14H32N4. The van der Waals surface area contributed by atoms with Crippen molar-refractivity contribution in [2.45, 2.75) is 19.8 Å². The summed E-state index contributed by atoms with van der Waals surface area (Å²) in [5.74, 6) is 0. The van der Waals surface area contributed by atoms with Gasteiger partial charge in [0, 0.05) is 39.3 Å². The van der Waals surface area contributed by atoms with Gasteiger partial charge in [-0.3, -0.25) is 4.90 Å². The van der Waals surface area contributed by atoms with Crippen LogP contribution in [0, 0.1) is 0 Å². The number of nitrogens with one attached hydrogen (secondary N) is 1. The van der Waals surface area contributed by atoms with Gasteiger partial charge in [0.1, 0.15) is 0 Å². The lowest BCUT2D eigenvalue weighted by molar-refractivity contribution is 0.124. The van der Waals surface area contributed by atoms with Crippen LogP contribution in [0.1, 0.15) is 19.8 Å². The second kappa shape index (κ2) is 9.73. The Morgan fingerprint density at radius 3 is 2.11 bits per heavy atom. The molecule has 0 spiro atoms. The molecule has 0 amide bonds. The summed E-state index contributed by atoms with van der Waals surface area (Å²) in [4.78, 5) is 7.49. The first kappa shape index (κ1) is 15.9. The largest absolute Gasteiger partial charge is 0.317 e. The zero-order valence-electron chi connectivity index (χ0n) is 12.6. The van der Waals surface area contributed by atoms with E-state index in [1.165, 1.54) is 65.2 Å². The van der Waals surface area contributed by atoms with Gasteiger partial charge in [0.25, 0.3) is 0 Å². The molecule has 1 aliphatic rings. The van der Waals surface area contributed by atoms with Crippen molar-refractivity contribution in [3.05, 3.63) is 0 Å². The average molecular weight is 256 g/mol. The Hall–Kier alpha value is -0.160. The maximum atomic E-state index is 3.39. The first-order chi connectivity index (χ1) is 8.72. The van der Waals surface area contributed by atoms with Crippen molar-refractivity contribution in [1.82, 2.24) is 20.0 Å². The lowest BCUT2D eigenvalue weighted by Gasteiger charge is -2.35. The Labute approximate surface area is 113 Å². The maximum Gasteiger partial charge on any atom is 0.0110 e. The van der Waals surface area contributed by atoms with E-state index >= 15 is 0 Å². The molecule has 1 rings (SSSR count). The summed E-state index contributed by atoms with van der Waals surface area (Å²) in [7, 11) is 4.31. The molecule has 0 unspecified atom stereocenters. The molecular weight excluding hydrogens is 224 g/mol. The summed E-state index contributed by atoms with van der Waals surface area (Å²) in [6.45, 7) is 13.2. The van der Waals surface area contributed by atoms with Crippen molar-refractivity contribution in [2.75, 3.05) is 73.0 Å². The third-order valence-electron chi connectivity index (χ3n) is 3.66. The highest BCUT2D eigenvalue weighted by atomic mass is 15.3. The van der Waals surface area contributed by atoms with Crippen molar-refractivity contribution in [1.29, 1.82) is 0 Å². The molecule has 0 aromatic carbocycles. The summed E-state index contributed by atoms with van der Waals surface area (Å²) in [6.07, 6.45) is 2.65. The monoisotopic (exact) mass is 256 g/mol. The molecule has 108 valence electrons. The average Bonchev–Trinajstić information content (AvgIpc) is 2.37. The predicted molar refractivity (Wildman–Crippen MR) is 79.2 cm³/mol. The SMILES string of the molecule is CCNCCCCN1CCN(CCN(C)C)CC1. The minimum Gasteiger partial charge on any atom is -0.317 e. The van der Waals surface area contributed by atoms with Crippen LogP contribution in [0.15, 0.2) is 0 Å². The number of hydrogen-bond donors (Lipinski definition) is 1. The van der Waals surface area contributed by atoms with Gasteiger partial charge in [-0.2, -0.15) is 0 Å². The zero-order chi connectivity index (χ0) is 13.2. The van der Waals surface area contributed by atoms with Gasteiger partial charge in [-0.25, -0.2) is 0 Å². The molecule has 0 atom stereocenters. The Morgan fingerprint density at radius 1 is 0.944 bits per heavy atom. The Balaban J connectivity index is 1.98. The van der Waals surface area contributed by atoms with Crippen molar-refractivity contribution < 1.29 is 0 Å². The van der Waals surface area contributed by atoms with E-state index in [0.29, 0.717) is 0 Å². The zero-order valence-corrected chi connectivity index (χ0v) is 12.6. The molecule has 0 aromatic rings. The van der Waals surface area contributed by atoms with Crippen molar-refractivity contribution >= 4 is 0 Å². The van der Waals surface area contributed by atoms with Crippen LogP contribution < -0.4 is 5.32 Å². The highest BCUT2D eigenvalue weighted by Gasteiger charge is 2.15. The van der Waals surface area contributed by atoms with Gasteiger partial charge in [-0.15, -0.1) is 0 Å². The van der Waals surface area contributed by atoms with Crippen molar-refractivity contribution in [3.63, 3.8) is 0 Å². The number of likely N-dealkylation sites (N-methyl/N-ethyl adjacent to an activating group) is 1. The van der Waals surface area contributed by atoms with E-state index in [2.05, 4.69) is 41.0 Å². The summed E-state index contributed by atoms with van der Waals surface area (Å²) in [5, 5.41) is 3.39. The van der Waals surface area contributed by atoms with E-state index in [0.717, 1.165) is 6.54 Å². The molecule has 4 heteroatoms. The van der Waals surface area contributed by atoms with Gasteiger partial charge in [-0.1, -0.05) is 6.92 Å². The first-order valence-corrected chi connectivity index (χ1v) is 7.52. The lowest BCUT2D eigenvalue weighted by atomic mass is 10.2. The van der Waals surface area contributed by atoms with Crippen LogP contribution in [0.25, 0.3) is 0 Å². The minimum absolute atomic E-state index is 1.10. The molecule has 0 aliphatic carbocycles. The van der Waals surface area contributed by atoms with Gasteiger partial charge in [0.15, 0.2) is 0 Å². The standard InChI is InChI=1S/C14H32N4/c1-4-15-7-5-6-8-17-11-13-18(14-12-17)10-9-16(2)3/h15H,4-14H2,1-3H3. The van der Waals surface area contributed by atoms with Crippen LogP contribution in [0.2, 0.25) is 0 Å². The Morgan fingerprint density at radius 2 is 1.56 bits per heavy atom. The van der Waals surface area contributed by atoms with Crippen LogP contribution >= 0.6 is 0 Å². The highest BCUT2D eigenvalue weighted by molar-refractivity contribution is 4.72. The maximum absolute atomic E-state index is 3.39. The predicted octanol–water partition coefficient (Wildman–Crippen LogP) is 0.555. The minimum atomic E-state index is 1.10. The van der Waals surface area contributed by atoms with Crippen LogP contribution in [0.4, 0.5) is 0 Å². The molecule has 0 aromatic heterocycles. The number of unbranched alkanes of at least 4 members (excludes halogenated alkanes) is 1. The molecule has 0 saturated carbocycles. The van der Waals surface area contributed by atoms with Gasteiger partial charge in [-0.05, 0) is 46.6 Å². The molecule has 1 heterocycles. The van der Waals surface area contributed by atoms with Gasteiger partial charge in [0.2, 0.25) is 0 Å². The summed E-state index contributed by atoms with van der Waals surface area (Å²) in [5.41, 5.74) is 0. The molecule has 1 aliphatic heterocycles. The van der Waals surface area contributed by atoms with Crippen LogP contribution in [-0.4, -0.2) is 87.7 Å². The smallest absolute Gasteiger partial charge is 0.0110 e. The fourth-order valence-electron chi connectivity index (χ4n) is 2.34. The molecule has 18 heavy (non-hydrogen) atoms. The fourth-order valence-corrected chi connectivity index (χ4v) is 2.34. The summed E-state index contributed by atoms with van der Waals surface area (Å²) >= 11 is 0. The topological polar surface area (TPSA) is 21.8 Å². The Bertz CT molecular complexity index is 188. The number of hydrogen-bond acceptors (Lipinski definition) is 4. The lowest BCUT2D eigenvalue weighted by Crippen LogP contribution is -2.48. The van der Waals surface area contributed by atoms with Crippen LogP contribution in [-0.2, 0) is 0 Å². The summed E-state index contributed by atoms with van der Waals surface area (Å²) < 4.78 is 0. The third-order valence-corrected chi connectivity index (χ3v) is 3.66. The van der Waals surface area contributed by atoms with E-state index in [1.807, 2.05) is 0 Å². The van der Waals surface area contributed by atoms with E-state index in [4.69, 9.17) is 0 Å². The summed E-state index contributed by atoms with van der Waals surface area (Å²) in [6, 6.07) is 0. The quantitative estimate of drug-likeness (QED) is 0.608. The van der Waals surface area contributed by atoms with E-state index in [-0.39, 0.29) is 0 Å². The second-order valence-electron chi connectivity index (χ2n) is 5.55. The molecule has 1 fully saturated rings. The van der Waals surface area contributed by atoms with E-state index in [1.54, 1.807) is 0 Å². The van der Waals surface area contributed by atoms with Gasteiger partial charge in [0.05, 0.1) is 0 Å². The van der Waals surface area contributed by atoms with Crippen molar-refractivity contribution in [3.8, 4) is 0 Å². The number of nitrogens with zero attached hydrogens (tertiary/aromatic N) is 3. The fraction of sp³-hybridized carbons (Fsp3) is 1.00. The van der Waals surface area contributed by atoms with E-state index < -0.39 is 0 Å². The van der Waals surface area contributed by atoms with E-state index in [9.17, 15) is 0 Å².